The highest BCUT2D eigenvalue weighted by atomic mass is 16.5. The Hall–Kier alpha value is -3.33. The zero-order valence-electron chi connectivity index (χ0n) is 14.6. The standard InChI is InChI=1S/C23H20O3/c1-25-21-11-6-10-20(16-21)23(24)14-13-18-9-5-12-22(15-18)26-17-19-7-3-2-4-8-19/h2-16H,17H2,1H3. The predicted molar refractivity (Wildman–Crippen MR) is 104 cm³/mol. The highest BCUT2D eigenvalue weighted by molar-refractivity contribution is 6.07. The van der Waals surface area contributed by atoms with Crippen LogP contribution in [0.4, 0.5) is 0 Å². The molecule has 0 fully saturated rings. The molecule has 3 aromatic rings. The van der Waals surface area contributed by atoms with E-state index in [-0.39, 0.29) is 5.78 Å². The van der Waals surface area contributed by atoms with Crippen LogP contribution in [-0.2, 0) is 6.61 Å². The molecule has 0 atom stereocenters. The van der Waals surface area contributed by atoms with Gasteiger partial charge in [-0.15, -0.1) is 0 Å². The van der Waals surface area contributed by atoms with Gasteiger partial charge in [0.2, 0.25) is 0 Å². The Morgan fingerprint density at radius 2 is 1.65 bits per heavy atom. The maximum atomic E-state index is 12.3. The summed E-state index contributed by atoms with van der Waals surface area (Å²) in [5, 5.41) is 0. The molecule has 3 aromatic carbocycles. The molecule has 0 radical (unpaired) electrons. The van der Waals surface area contributed by atoms with Crippen molar-refractivity contribution >= 4 is 11.9 Å². The van der Waals surface area contributed by atoms with E-state index in [4.69, 9.17) is 9.47 Å². The van der Waals surface area contributed by atoms with Crippen LogP contribution in [0.15, 0.2) is 84.9 Å². The molecule has 0 saturated carbocycles. The van der Waals surface area contributed by atoms with Crippen LogP contribution in [0.5, 0.6) is 11.5 Å². The molecule has 0 spiro atoms. The van der Waals surface area contributed by atoms with E-state index in [1.165, 1.54) is 0 Å². The highest BCUT2D eigenvalue weighted by Gasteiger charge is 2.03. The van der Waals surface area contributed by atoms with Gasteiger partial charge in [-0.1, -0.05) is 60.7 Å². The minimum atomic E-state index is -0.0699. The van der Waals surface area contributed by atoms with Crippen LogP contribution in [0.1, 0.15) is 21.5 Å². The van der Waals surface area contributed by atoms with E-state index in [1.807, 2.05) is 60.7 Å². The zero-order valence-corrected chi connectivity index (χ0v) is 14.6. The SMILES string of the molecule is COc1cccc(C(=O)C=Cc2cccc(OCc3ccccc3)c2)c1. The largest absolute Gasteiger partial charge is 0.497 e. The highest BCUT2D eigenvalue weighted by Crippen LogP contribution is 2.17. The summed E-state index contributed by atoms with van der Waals surface area (Å²) in [5.74, 6) is 1.37. The first-order valence-electron chi connectivity index (χ1n) is 8.38. The summed E-state index contributed by atoms with van der Waals surface area (Å²) in [6, 6.07) is 24.8. The van der Waals surface area contributed by atoms with Crippen molar-refractivity contribution in [2.45, 2.75) is 6.61 Å². The molecule has 0 N–H and O–H groups in total. The first-order chi connectivity index (χ1) is 12.7. The molecule has 0 amide bonds. The molecule has 26 heavy (non-hydrogen) atoms. The molecule has 0 aliphatic rings. The Morgan fingerprint density at radius 1 is 0.885 bits per heavy atom. The van der Waals surface area contributed by atoms with Crippen molar-refractivity contribution in [1.29, 1.82) is 0 Å². The van der Waals surface area contributed by atoms with Gasteiger partial charge >= 0.3 is 0 Å². The molecule has 3 nitrogen and oxygen atoms in total. The maximum absolute atomic E-state index is 12.3. The molecule has 0 aliphatic carbocycles. The van der Waals surface area contributed by atoms with E-state index in [1.54, 1.807) is 37.5 Å². The quantitative estimate of drug-likeness (QED) is 0.438. The van der Waals surface area contributed by atoms with E-state index in [2.05, 4.69) is 0 Å². The topological polar surface area (TPSA) is 35.5 Å². The third kappa shape index (κ3) is 4.84. The van der Waals surface area contributed by atoms with Crippen LogP contribution in [0.3, 0.4) is 0 Å². The van der Waals surface area contributed by atoms with Gasteiger partial charge < -0.3 is 9.47 Å². The molecular weight excluding hydrogens is 324 g/mol. The molecule has 3 heteroatoms. The average molecular weight is 344 g/mol. The van der Waals surface area contributed by atoms with Gasteiger partial charge in [0, 0.05) is 5.56 Å². The zero-order chi connectivity index (χ0) is 18.2. The van der Waals surface area contributed by atoms with Gasteiger partial charge in [0.25, 0.3) is 0 Å². The number of ether oxygens (including phenoxy) is 2. The second-order valence-corrected chi connectivity index (χ2v) is 5.78. The van der Waals surface area contributed by atoms with Crippen molar-refractivity contribution < 1.29 is 14.3 Å². The number of hydrogen-bond donors (Lipinski definition) is 0. The first kappa shape index (κ1) is 17.5. The number of ketones is 1. The summed E-state index contributed by atoms with van der Waals surface area (Å²) in [7, 11) is 1.58. The van der Waals surface area contributed by atoms with Gasteiger partial charge in [-0.2, -0.15) is 0 Å². The number of methoxy groups -OCH3 is 1. The van der Waals surface area contributed by atoms with Crippen molar-refractivity contribution in [2.24, 2.45) is 0 Å². The summed E-state index contributed by atoms with van der Waals surface area (Å²) in [5.41, 5.74) is 2.62. The van der Waals surface area contributed by atoms with E-state index in [0.717, 1.165) is 16.9 Å². The molecule has 0 bridgehead atoms. The van der Waals surface area contributed by atoms with Gasteiger partial charge in [0.15, 0.2) is 5.78 Å². The lowest BCUT2D eigenvalue weighted by atomic mass is 10.1. The van der Waals surface area contributed by atoms with Crippen LogP contribution in [0.2, 0.25) is 0 Å². The number of rotatable bonds is 7. The number of carbonyl (C=O) groups is 1. The van der Waals surface area contributed by atoms with E-state index >= 15 is 0 Å². The lowest BCUT2D eigenvalue weighted by Gasteiger charge is -2.07. The Labute approximate surface area is 153 Å². The summed E-state index contributed by atoms with van der Waals surface area (Å²) < 4.78 is 11.0. The molecule has 0 aromatic heterocycles. The van der Waals surface area contributed by atoms with Crippen LogP contribution in [-0.4, -0.2) is 12.9 Å². The first-order valence-corrected chi connectivity index (χ1v) is 8.38. The number of carbonyl (C=O) groups excluding carboxylic acids is 1. The minimum absolute atomic E-state index is 0.0699. The fourth-order valence-electron chi connectivity index (χ4n) is 2.49. The van der Waals surface area contributed by atoms with Gasteiger partial charge in [-0.3, -0.25) is 4.79 Å². The van der Waals surface area contributed by atoms with Crippen molar-refractivity contribution in [1.82, 2.24) is 0 Å². The smallest absolute Gasteiger partial charge is 0.185 e. The molecule has 3 rings (SSSR count). The van der Waals surface area contributed by atoms with Crippen LogP contribution in [0, 0.1) is 0 Å². The van der Waals surface area contributed by atoms with Gasteiger partial charge in [-0.05, 0) is 41.5 Å². The summed E-state index contributed by atoms with van der Waals surface area (Å²) in [6.07, 6.45) is 3.35. The number of hydrogen-bond acceptors (Lipinski definition) is 3. The molecule has 0 saturated heterocycles. The number of allylic oxidation sites excluding steroid dienone is 1. The summed E-state index contributed by atoms with van der Waals surface area (Å²) in [6.45, 7) is 0.511. The van der Waals surface area contributed by atoms with Crippen molar-refractivity contribution in [3.8, 4) is 11.5 Å². The second kappa shape index (κ2) is 8.67. The van der Waals surface area contributed by atoms with Crippen molar-refractivity contribution in [3.05, 3.63) is 102 Å². The average Bonchev–Trinajstić information content (AvgIpc) is 2.71. The molecule has 0 aliphatic heterocycles. The third-order valence-corrected chi connectivity index (χ3v) is 3.89. The Balaban J connectivity index is 1.65. The van der Waals surface area contributed by atoms with Crippen LogP contribution >= 0.6 is 0 Å². The van der Waals surface area contributed by atoms with Gasteiger partial charge in [-0.25, -0.2) is 0 Å². The van der Waals surface area contributed by atoms with Crippen LogP contribution in [0.25, 0.3) is 6.08 Å². The van der Waals surface area contributed by atoms with Gasteiger partial charge in [0.05, 0.1) is 7.11 Å². The molecular formula is C23H20O3. The normalized spacial score (nSPS) is 10.7. The third-order valence-electron chi connectivity index (χ3n) is 3.89. The van der Waals surface area contributed by atoms with Crippen molar-refractivity contribution in [2.75, 3.05) is 7.11 Å². The van der Waals surface area contributed by atoms with Crippen LogP contribution < -0.4 is 9.47 Å². The predicted octanol–water partition coefficient (Wildman–Crippen LogP) is 5.17. The van der Waals surface area contributed by atoms with Crippen molar-refractivity contribution in [3.63, 3.8) is 0 Å². The summed E-state index contributed by atoms with van der Waals surface area (Å²) >= 11 is 0. The van der Waals surface area contributed by atoms with E-state index < -0.39 is 0 Å². The Kier molecular flexibility index (Phi) is 5.84. The fraction of sp³-hybridized carbons (Fsp3) is 0.0870. The monoisotopic (exact) mass is 344 g/mol. The molecule has 0 heterocycles. The van der Waals surface area contributed by atoms with Gasteiger partial charge in [0.1, 0.15) is 18.1 Å². The second-order valence-electron chi connectivity index (χ2n) is 5.78. The fourth-order valence-corrected chi connectivity index (χ4v) is 2.49. The lowest BCUT2D eigenvalue weighted by molar-refractivity contribution is 0.104. The lowest BCUT2D eigenvalue weighted by Crippen LogP contribution is -1.96. The Bertz CT molecular complexity index is 898. The minimum Gasteiger partial charge on any atom is -0.497 e. The number of benzene rings is 3. The van der Waals surface area contributed by atoms with E-state index in [9.17, 15) is 4.79 Å². The molecule has 130 valence electrons. The molecule has 0 unspecified atom stereocenters. The summed E-state index contributed by atoms with van der Waals surface area (Å²) in [4.78, 5) is 12.3. The van der Waals surface area contributed by atoms with E-state index in [0.29, 0.717) is 17.9 Å². The Morgan fingerprint density at radius 3 is 2.46 bits per heavy atom. The maximum Gasteiger partial charge on any atom is 0.185 e.